The third kappa shape index (κ3) is 2.55. The SMILES string of the molecule is Cc1coc2cc(C(c3cn[nH]n3)c3cccnc3F)cc(F)c2c1=O. The summed E-state index contributed by atoms with van der Waals surface area (Å²) in [6.07, 6.45) is 4.01. The Hall–Kier alpha value is -3.42. The number of fused-ring (bicyclic) bond motifs is 1. The van der Waals surface area contributed by atoms with Crippen molar-refractivity contribution in [3.8, 4) is 0 Å². The molecule has 3 heterocycles. The molecule has 1 atom stereocenters. The summed E-state index contributed by atoms with van der Waals surface area (Å²) in [7, 11) is 0. The summed E-state index contributed by atoms with van der Waals surface area (Å²) in [5.74, 6) is -2.22. The summed E-state index contributed by atoms with van der Waals surface area (Å²) in [5.41, 5.74) is 0.882. The lowest BCUT2D eigenvalue weighted by Crippen LogP contribution is -2.11. The standard InChI is InChI=1S/C18H12F2N4O2/c1-9-8-26-14-6-10(5-12(19)16(14)17(9)25)15(13-7-22-24-23-13)11-3-2-4-21-18(11)20/h2-8,15H,1H3,(H,22,23,24). The summed E-state index contributed by atoms with van der Waals surface area (Å²) >= 11 is 0. The number of hydrogen-bond acceptors (Lipinski definition) is 5. The van der Waals surface area contributed by atoms with Gasteiger partial charge in [-0.3, -0.25) is 4.79 Å². The van der Waals surface area contributed by atoms with Crippen molar-refractivity contribution in [2.45, 2.75) is 12.8 Å². The highest BCUT2D eigenvalue weighted by Crippen LogP contribution is 2.33. The summed E-state index contributed by atoms with van der Waals surface area (Å²) in [5, 5.41) is 10.1. The molecule has 0 bridgehead atoms. The van der Waals surface area contributed by atoms with Crippen LogP contribution in [0, 0.1) is 18.7 Å². The predicted molar refractivity (Wildman–Crippen MR) is 88.7 cm³/mol. The van der Waals surface area contributed by atoms with Crippen LogP contribution < -0.4 is 5.43 Å². The van der Waals surface area contributed by atoms with Crippen LogP contribution in [-0.4, -0.2) is 20.4 Å². The maximum Gasteiger partial charge on any atom is 0.217 e. The zero-order valence-electron chi connectivity index (χ0n) is 13.5. The highest BCUT2D eigenvalue weighted by molar-refractivity contribution is 5.79. The maximum absolute atomic E-state index is 14.7. The highest BCUT2D eigenvalue weighted by Gasteiger charge is 2.25. The number of hydrogen-bond donors (Lipinski definition) is 1. The molecule has 0 aliphatic heterocycles. The van der Waals surface area contributed by atoms with Gasteiger partial charge in [0.2, 0.25) is 5.95 Å². The summed E-state index contributed by atoms with van der Waals surface area (Å²) < 4.78 is 34.4. The topological polar surface area (TPSA) is 84.7 Å². The number of nitrogens with zero attached hydrogens (tertiary/aromatic N) is 3. The number of aromatic nitrogens is 4. The molecule has 3 aromatic heterocycles. The Morgan fingerprint density at radius 1 is 1.27 bits per heavy atom. The normalized spacial score (nSPS) is 12.4. The quantitative estimate of drug-likeness (QED) is 0.572. The molecular formula is C18H12F2N4O2. The molecule has 1 aromatic carbocycles. The number of benzene rings is 1. The third-order valence-corrected chi connectivity index (χ3v) is 4.19. The minimum Gasteiger partial charge on any atom is -0.464 e. The van der Waals surface area contributed by atoms with Gasteiger partial charge >= 0.3 is 0 Å². The van der Waals surface area contributed by atoms with Gasteiger partial charge in [-0.2, -0.15) is 19.8 Å². The zero-order valence-corrected chi connectivity index (χ0v) is 13.5. The summed E-state index contributed by atoms with van der Waals surface area (Å²) in [6, 6.07) is 5.80. The number of aryl methyl sites for hydroxylation is 1. The van der Waals surface area contributed by atoms with E-state index in [9.17, 15) is 13.6 Å². The van der Waals surface area contributed by atoms with E-state index in [1.165, 1.54) is 36.9 Å². The van der Waals surface area contributed by atoms with E-state index < -0.39 is 23.1 Å². The summed E-state index contributed by atoms with van der Waals surface area (Å²) in [6.45, 7) is 1.54. The molecule has 4 rings (SSSR count). The lowest BCUT2D eigenvalue weighted by molar-refractivity contribution is 0.560. The van der Waals surface area contributed by atoms with E-state index in [4.69, 9.17) is 4.42 Å². The van der Waals surface area contributed by atoms with Gasteiger partial charge < -0.3 is 4.42 Å². The Labute approximate surface area is 145 Å². The predicted octanol–water partition coefficient (Wildman–Crippen LogP) is 3.07. The second kappa shape index (κ2) is 6.14. The van der Waals surface area contributed by atoms with Crippen molar-refractivity contribution >= 4 is 11.0 Å². The monoisotopic (exact) mass is 354 g/mol. The first-order valence-electron chi connectivity index (χ1n) is 7.74. The maximum atomic E-state index is 14.7. The van der Waals surface area contributed by atoms with E-state index in [0.717, 1.165) is 0 Å². The van der Waals surface area contributed by atoms with Gasteiger partial charge in [0, 0.05) is 17.3 Å². The van der Waals surface area contributed by atoms with E-state index in [0.29, 0.717) is 16.8 Å². The van der Waals surface area contributed by atoms with Gasteiger partial charge in [0.15, 0.2) is 5.43 Å². The first-order chi connectivity index (χ1) is 12.6. The molecule has 1 N–H and O–H groups in total. The molecule has 0 saturated heterocycles. The van der Waals surface area contributed by atoms with Crippen molar-refractivity contribution in [1.82, 2.24) is 20.4 Å². The van der Waals surface area contributed by atoms with E-state index in [1.807, 2.05) is 0 Å². The van der Waals surface area contributed by atoms with Crippen LogP contribution in [0.25, 0.3) is 11.0 Å². The number of aromatic amines is 1. The lowest BCUT2D eigenvalue weighted by atomic mass is 9.89. The summed E-state index contributed by atoms with van der Waals surface area (Å²) in [4.78, 5) is 15.8. The van der Waals surface area contributed by atoms with Crippen molar-refractivity contribution < 1.29 is 13.2 Å². The van der Waals surface area contributed by atoms with Crippen LogP contribution in [0.15, 0.2) is 52.1 Å². The Balaban J connectivity index is 1.99. The molecule has 0 aliphatic carbocycles. The van der Waals surface area contributed by atoms with E-state index in [2.05, 4.69) is 20.4 Å². The molecule has 0 saturated carbocycles. The van der Waals surface area contributed by atoms with Gasteiger partial charge in [-0.05, 0) is 30.7 Å². The van der Waals surface area contributed by atoms with Gasteiger partial charge in [0.25, 0.3) is 0 Å². The Morgan fingerprint density at radius 3 is 2.85 bits per heavy atom. The first-order valence-corrected chi connectivity index (χ1v) is 7.74. The molecule has 0 aliphatic rings. The number of rotatable bonds is 3. The number of pyridine rings is 1. The first kappa shape index (κ1) is 16.1. The van der Waals surface area contributed by atoms with Gasteiger partial charge in [-0.1, -0.05) is 6.07 Å². The van der Waals surface area contributed by atoms with Gasteiger partial charge in [-0.15, -0.1) is 0 Å². The minimum absolute atomic E-state index is 0.0772. The van der Waals surface area contributed by atoms with Crippen LogP contribution >= 0.6 is 0 Å². The Morgan fingerprint density at radius 2 is 2.12 bits per heavy atom. The molecule has 0 amide bonds. The van der Waals surface area contributed by atoms with Crippen molar-refractivity contribution in [3.05, 3.63) is 87.3 Å². The molecular weight excluding hydrogens is 342 g/mol. The molecule has 4 aromatic rings. The van der Waals surface area contributed by atoms with Crippen LogP contribution in [0.5, 0.6) is 0 Å². The fraction of sp³-hybridized carbons (Fsp3) is 0.111. The van der Waals surface area contributed by atoms with Crippen molar-refractivity contribution in [1.29, 1.82) is 0 Å². The van der Waals surface area contributed by atoms with Gasteiger partial charge in [0.1, 0.15) is 16.8 Å². The second-order valence-corrected chi connectivity index (χ2v) is 5.84. The Kier molecular flexibility index (Phi) is 3.80. The minimum atomic E-state index is -0.770. The molecule has 1 unspecified atom stereocenters. The van der Waals surface area contributed by atoms with Crippen LogP contribution in [0.2, 0.25) is 0 Å². The molecule has 26 heavy (non-hydrogen) atoms. The van der Waals surface area contributed by atoms with E-state index >= 15 is 0 Å². The van der Waals surface area contributed by atoms with E-state index in [-0.39, 0.29) is 16.5 Å². The molecule has 0 fully saturated rings. The molecule has 0 radical (unpaired) electrons. The fourth-order valence-electron chi connectivity index (χ4n) is 2.96. The zero-order chi connectivity index (χ0) is 18.3. The fourth-order valence-corrected chi connectivity index (χ4v) is 2.96. The smallest absolute Gasteiger partial charge is 0.217 e. The average Bonchev–Trinajstić information content (AvgIpc) is 3.14. The molecule has 130 valence electrons. The number of halogens is 2. The van der Waals surface area contributed by atoms with Crippen LogP contribution in [0.3, 0.4) is 0 Å². The van der Waals surface area contributed by atoms with Crippen molar-refractivity contribution in [3.63, 3.8) is 0 Å². The largest absolute Gasteiger partial charge is 0.464 e. The van der Waals surface area contributed by atoms with Crippen LogP contribution in [0.4, 0.5) is 8.78 Å². The van der Waals surface area contributed by atoms with Crippen LogP contribution in [0.1, 0.15) is 28.3 Å². The van der Waals surface area contributed by atoms with E-state index in [1.54, 1.807) is 13.0 Å². The number of nitrogens with one attached hydrogen (secondary N) is 1. The van der Waals surface area contributed by atoms with Crippen molar-refractivity contribution in [2.24, 2.45) is 0 Å². The number of H-pyrrole nitrogens is 1. The molecule has 6 nitrogen and oxygen atoms in total. The Bertz CT molecular complexity index is 1160. The molecule has 0 spiro atoms. The highest BCUT2D eigenvalue weighted by atomic mass is 19.1. The van der Waals surface area contributed by atoms with Crippen molar-refractivity contribution in [2.75, 3.05) is 0 Å². The second-order valence-electron chi connectivity index (χ2n) is 5.84. The average molecular weight is 354 g/mol. The lowest BCUT2D eigenvalue weighted by Gasteiger charge is -2.16. The van der Waals surface area contributed by atoms with Gasteiger partial charge in [-0.25, -0.2) is 9.37 Å². The molecule has 8 heteroatoms. The third-order valence-electron chi connectivity index (χ3n) is 4.19. The van der Waals surface area contributed by atoms with Gasteiger partial charge in [0.05, 0.1) is 24.1 Å². The van der Waals surface area contributed by atoms with Crippen LogP contribution in [-0.2, 0) is 0 Å².